The zero-order valence-corrected chi connectivity index (χ0v) is 7.91. The lowest BCUT2D eigenvalue weighted by atomic mass is 10.3. The van der Waals surface area contributed by atoms with E-state index in [-0.39, 0.29) is 6.04 Å². The van der Waals surface area contributed by atoms with E-state index in [9.17, 15) is 0 Å². The van der Waals surface area contributed by atoms with Gasteiger partial charge in [-0.2, -0.15) is 0 Å². The van der Waals surface area contributed by atoms with Crippen LogP contribution >= 0.6 is 0 Å². The summed E-state index contributed by atoms with van der Waals surface area (Å²) in [5.74, 6) is 1.83. The van der Waals surface area contributed by atoms with Gasteiger partial charge in [-0.3, -0.25) is 0 Å². The van der Waals surface area contributed by atoms with Gasteiger partial charge in [-0.15, -0.1) is 10.2 Å². The van der Waals surface area contributed by atoms with E-state index in [1.807, 2.05) is 13.8 Å². The summed E-state index contributed by atoms with van der Waals surface area (Å²) in [6.07, 6.45) is 1.08. The highest BCUT2D eigenvalue weighted by atomic mass is 15.3. The minimum Gasteiger partial charge on any atom is -0.322 e. The first-order valence-corrected chi connectivity index (χ1v) is 4.32. The van der Waals surface area contributed by atoms with E-state index in [0.29, 0.717) is 0 Å². The third kappa shape index (κ3) is 1.64. The molecule has 68 valence electrons. The van der Waals surface area contributed by atoms with Gasteiger partial charge in [-0.05, 0) is 20.3 Å². The highest BCUT2D eigenvalue weighted by Crippen LogP contribution is 2.08. The van der Waals surface area contributed by atoms with Gasteiger partial charge in [0.25, 0.3) is 0 Å². The fourth-order valence-electron chi connectivity index (χ4n) is 1.23. The van der Waals surface area contributed by atoms with Crippen molar-refractivity contribution >= 4 is 0 Å². The SMILES string of the molecule is CCCn1c(C)nnc1C(C)N. The van der Waals surface area contributed by atoms with E-state index in [0.717, 1.165) is 24.6 Å². The Morgan fingerprint density at radius 1 is 1.50 bits per heavy atom. The molecule has 1 unspecified atom stereocenters. The van der Waals surface area contributed by atoms with E-state index < -0.39 is 0 Å². The minimum absolute atomic E-state index is 0.0299. The van der Waals surface area contributed by atoms with Gasteiger partial charge >= 0.3 is 0 Å². The molecule has 1 aromatic rings. The summed E-state index contributed by atoms with van der Waals surface area (Å²) in [6.45, 7) is 6.96. The molecule has 2 N–H and O–H groups in total. The summed E-state index contributed by atoms with van der Waals surface area (Å²) < 4.78 is 2.07. The summed E-state index contributed by atoms with van der Waals surface area (Å²) in [5.41, 5.74) is 5.73. The van der Waals surface area contributed by atoms with Crippen LogP contribution in [0.2, 0.25) is 0 Å². The topological polar surface area (TPSA) is 56.7 Å². The van der Waals surface area contributed by atoms with Crippen LogP contribution in [0, 0.1) is 6.92 Å². The molecule has 4 heteroatoms. The fraction of sp³-hybridized carbons (Fsp3) is 0.750. The molecule has 0 aliphatic carbocycles. The lowest BCUT2D eigenvalue weighted by Gasteiger charge is -2.08. The van der Waals surface area contributed by atoms with Crippen LogP contribution in [0.4, 0.5) is 0 Å². The van der Waals surface area contributed by atoms with Crippen LogP contribution in [0.1, 0.15) is 38.0 Å². The van der Waals surface area contributed by atoms with Gasteiger partial charge in [-0.1, -0.05) is 6.92 Å². The molecule has 1 aromatic heterocycles. The maximum atomic E-state index is 5.73. The number of aromatic nitrogens is 3. The average Bonchev–Trinajstić information content (AvgIpc) is 2.34. The first-order chi connectivity index (χ1) is 5.66. The number of hydrogen-bond acceptors (Lipinski definition) is 3. The van der Waals surface area contributed by atoms with E-state index in [4.69, 9.17) is 5.73 Å². The minimum atomic E-state index is -0.0299. The van der Waals surface area contributed by atoms with Crippen molar-refractivity contribution in [3.05, 3.63) is 11.6 Å². The quantitative estimate of drug-likeness (QED) is 0.733. The maximum Gasteiger partial charge on any atom is 0.149 e. The van der Waals surface area contributed by atoms with E-state index in [1.54, 1.807) is 0 Å². The molecule has 0 amide bonds. The Labute approximate surface area is 72.8 Å². The van der Waals surface area contributed by atoms with Gasteiger partial charge in [0, 0.05) is 6.54 Å². The smallest absolute Gasteiger partial charge is 0.149 e. The van der Waals surface area contributed by atoms with Crippen molar-refractivity contribution < 1.29 is 0 Å². The second-order valence-electron chi connectivity index (χ2n) is 3.05. The first kappa shape index (κ1) is 9.19. The summed E-state index contributed by atoms with van der Waals surface area (Å²) in [7, 11) is 0. The van der Waals surface area contributed by atoms with Gasteiger partial charge < -0.3 is 10.3 Å². The second kappa shape index (κ2) is 3.67. The molecule has 1 rings (SSSR count). The van der Waals surface area contributed by atoms with Crippen molar-refractivity contribution in [2.75, 3.05) is 0 Å². The molecular weight excluding hydrogens is 152 g/mol. The molecule has 1 heterocycles. The van der Waals surface area contributed by atoms with Crippen molar-refractivity contribution in [2.45, 2.75) is 39.8 Å². The zero-order valence-electron chi connectivity index (χ0n) is 7.91. The largest absolute Gasteiger partial charge is 0.322 e. The van der Waals surface area contributed by atoms with Crippen molar-refractivity contribution in [1.29, 1.82) is 0 Å². The molecule has 0 radical (unpaired) electrons. The van der Waals surface area contributed by atoms with Gasteiger partial charge in [0.15, 0.2) is 0 Å². The predicted molar refractivity (Wildman–Crippen MR) is 47.7 cm³/mol. The van der Waals surface area contributed by atoms with Crippen LogP contribution in [-0.2, 0) is 6.54 Å². The van der Waals surface area contributed by atoms with Gasteiger partial charge in [0.05, 0.1) is 6.04 Å². The average molecular weight is 168 g/mol. The Morgan fingerprint density at radius 2 is 2.17 bits per heavy atom. The molecule has 1 atom stereocenters. The molecule has 0 saturated carbocycles. The molecule has 0 aromatic carbocycles. The summed E-state index contributed by atoms with van der Waals surface area (Å²) >= 11 is 0. The molecule has 0 saturated heterocycles. The molecule has 0 fully saturated rings. The maximum absolute atomic E-state index is 5.73. The van der Waals surface area contributed by atoms with Crippen LogP contribution < -0.4 is 5.73 Å². The van der Waals surface area contributed by atoms with Gasteiger partial charge in [0.2, 0.25) is 0 Å². The van der Waals surface area contributed by atoms with Crippen LogP contribution in [-0.4, -0.2) is 14.8 Å². The third-order valence-corrected chi connectivity index (χ3v) is 1.82. The van der Waals surface area contributed by atoms with Crippen LogP contribution in [0.15, 0.2) is 0 Å². The van der Waals surface area contributed by atoms with E-state index in [2.05, 4.69) is 21.7 Å². The second-order valence-corrected chi connectivity index (χ2v) is 3.05. The summed E-state index contributed by atoms with van der Waals surface area (Å²) in [5, 5.41) is 8.01. The molecule has 0 aliphatic rings. The number of rotatable bonds is 3. The molecular formula is C8H16N4. The Hall–Kier alpha value is -0.900. The summed E-state index contributed by atoms with van der Waals surface area (Å²) in [4.78, 5) is 0. The standard InChI is InChI=1S/C8H16N4/c1-4-5-12-7(3)10-11-8(12)6(2)9/h6H,4-5,9H2,1-3H3. The first-order valence-electron chi connectivity index (χ1n) is 4.32. The molecule has 0 aliphatic heterocycles. The van der Waals surface area contributed by atoms with Crippen molar-refractivity contribution in [3.63, 3.8) is 0 Å². The van der Waals surface area contributed by atoms with Crippen LogP contribution in [0.25, 0.3) is 0 Å². The fourth-order valence-corrected chi connectivity index (χ4v) is 1.23. The Bertz CT molecular complexity index is 252. The molecule has 0 bridgehead atoms. The number of hydrogen-bond donors (Lipinski definition) is 1. The predicted octanol–water partition coefficient (Wildman–Crippen LogP) is 1.02. The highest BCUT2D eigenvalue weighted by molar-refractivity contribution is 4.97. The van der Waals surface area contributed by atoms with Crippen molar-refractivity contribution in [3.8, 4) is 0 Å². The lowest BCUT2D eigenvalue weighted by molar-refractivity contribution is 0.589. The van der Waals surface area contributed by atoms with Crippen molar-refractivity contribution in [2.24, 2.45) is 5.73 Å². The van der Waals surface area contributed by atoms with Crippen LogP contribution in [0.5, 0.6) is 0 Å². The summed E-state index contributed by atoms with van der Waals surface area (Å²) in [6, 6.07) is -0.0299. The van der Waals surface area contributed by atoms with Crippen LogP contribution in [0.3, 0.4) is 0 Å². The lowest BCUT2D eigenvalue weighted by Crippen LogP contribution is -2.14. The van der Waals surface area contributed by atoms with Crippen molar-refractivity contribution in [1.82, 2.24) is 14.8 Å². The molecule has 4 nitrogen and oxygen atoms in total. The highest BCUT2D eigenvalue weighted by Gasteiger charge is 2.10. The number of nitrogens with two attached hydrogens (primary N) is 1. The Morgan fingerprint density at radius 3 is 2.67 bits per heavy atom. The van der Waals surface area contributed by atoms with Gasteiger partial charge in [-0.25, -0.2) is 0 Å². The molecule has 12 heavy (non-hydrogen) atoms. The van der Waals surface area contributed by atoms with E-state index in [1.165, 1.54) is 0 Å². The normalized spacial score (nSPS) is 13.3. The Balaban J connectivity index is 2.95. The monoisotopic (exact) mass is 168 g/mol. The third-order valence-electron chi connectivity index (χ3n) is 1.82. The number of nitrogens with zero attached hydrogens (tertiary/aromatic N) is 3. The van der Waals surface area contributed by atoms with E-state index >= 15 is 0 Å². The van der Waals surface area contributed by atoms with Gasteiger partial charge in [0.1, 0.15) is 11.6 Å². The zero-order chi connectivity index (χ0) is 9.14. The number of aryl methyl sites for hydroxylation is 1. The molecule has 0 spiro atoms. The Kier molecular flexibility index (Phi) is 2.81.